The van der Waals surface area contributed by atoms with Crippen LogP contribution < -0.4 is 16.0 Å². The van der Waals surface area contributed by atoms with Gasteiger partial charge in [0, 0.05) is 26.3 Å². The molecule has 27 heavy (non-hydrogen) atoms. The van der Waals surface area contributed by atoms with Gasteiger partial charge in [0.25, 0.3) is 0 Å². The van der Waals surface area contributed by atoms with E-state index in [2.05, 4.69) is 34.8 Å². The third kappa shape index (κ3) is 14.9. The number of ether oxygens (including phenoxy) is 2. The molecule has 160 valence electrons. The van der Waals surface area contributed by atoms with Crippen molar-refractivity contribution in [3.8, 4) is 0 Å². The first-order valence-electron chi connectivity index (χ1n) is 10.1. The summed E-state index contributed by atoms with van der Waals surface area (Å²) in [5.74, 6) is 2.05. The van der Waals surface area contributed by atoms with E-state index in [1.165, 1.54) is 12.8 Å². The number of carbonyl (C=O) groups excluding carboxylic acids is 1. The standard InChI is InChI=1S/C19H38N4O3.HI/c1-5-20-18(21-10-7-11-25-14-16-8-9-16)22-13-17(12-15(3)4)23-19(24)26-6-2;/h15-17H,5-14H2,1-4H3,(H,23,24)(H2,20,21,22);1H. The Bertz CT molecular complexity index is 418. The Morgan fingerprint density at radius 2 is 1.96 bits per heavy atom. The number of halogens is 1. The minimum absolute atomic E-state index is 0. The Morgan fingerprint density at radius 3 is 2.56 bits per heavy atom. The zero-order chi connectivity index (χ0) is 19.2. The molecule has 0 heterocycles. The van der Waals surface area contributed by atoms with E-state index in [4.69, 9.17) is 9.47 Å². The minimum Gasteiger partial charge on any atom is -0.450 e. The van der Waals surface area contributed by atoms with Gasteiger partial charge in [0.05, 0.1) is 19.2 Å². The van der Waals surface area contributed by atoms with Crippen molar-refractivity contribution in [2.75, 3.05) is 39.5 Å². The maximum atomic E-state index is 11.7. The quantitative estimate of drug-likeness (QED) is 0.157. The predicted molar refractivity (Wildman–Crippen MR) is 121 cm³/mol. The second-order valence-corrected chi connectivity index (χ2v) is 7.21. The first kappa shape index (κ1) is 26.2. The van der Waals surface area contributed by atoms with Gasteiger partial charge in [0.15, 0.2) is 5.96 Å². The SMILES string of the molecule is CCNC(=NCC(CC(C)C)NC(=O)OCC)NCCCOCC1CC1.I. The van der Waals surface area contributed by atoms with Crippen LogP contribution in [0.1, 0.15) is 53.4 Å². The molecule has 1 aliphatic rings. The molecule has 0 spiro atoms. The molecular formula is C19H39IN4O3. The molecule has 0 radical (unpaired) electrons. The number of amides is 1. The van der Waals surface area contributed by atoms with Crippen LogP contribution in [0.25, 0.3) is 0 Å². The van der Waals surface area contributed by atoms with Crippen LogP contribution >= 0.6 is 24.0 Å². The van der Waals surface area contributed by atoms with Gasteiger partial charge in [-0.15, -0.1) is 24.0 Å². The van der Waals surface area contributed by atoms with Crippen LogP contribution in [0.4, 0.5) is 4.79 Å². The Morgan fingerprint density at radius 1 is 1.22 bits per heavy atom. The maximum Gasteiger partial charge on any atom is 0.407 e. The molecular weight excluding hydrogens is 459 g/mol. The molecule has 0 bridgehead atoms. The lowest BCUT2D eigenvalue weighted by atomic mass is 10.0. The highest BCUT2D eigenvalue weighted by Crippen LogP contribution is 2.28. The van der Waals surface area contributed by atoms with Gasteiger partial charge < -0.3 is 25.4 Å². The number of alkyl carbamates (subject to hydrolysis) is 1. The van der Waals surface area contributed by atoms with Gasteiger partial charge in [-0.1, -0.05) is 13.8 Å². The molecule has 0 aliphatic heterocycles. The second kappa shape index (κ2) is 16.2. The summed E-state index contributed by atoms with van der Waals surface area (Å²) in [6.07, 6.45) is 4.09. The topological polar surface area (TPSA) is 84.0 Å². The fourth-order valence-corrected chi connectivity index (χ4v) is 2.55. The van der Waals surface area contributed by atoms with Crippen molar-refractivity contribution in [2.45, 2.75) is 59.4 Å². The largest absolute Gasteiger partial charge is 0.450 e. The molecule has 1 saturated carbocycles. The van der Waals surface area contributed by atoms with Crippen LogP contribution in [0.15, 0.2) is 4.99 Å². The van der Waals surface area contributed by atoms with Crippen LogP contribution in [-0.4, -0.2) is 57.5 Å². The van der Waals surface area contributed by atoms with E-state index in [1.54, 1.807) is 6.92 Å². The number of aliphatic imine (C=N–C) groups is 1. The molecule has 0 saturated heterocycles. The molecule has 1 aliphatic carbocycles. The molecule has 1 amide bonds. The number of hydrogen-bond donors (Lipinski definition) is 3. The second-order valence-electron chi connectivity index (χ2n) is 7.21. The third-order valence-corrected chi connectivity index (χ3v) is 3.98. The van der Waals surface area contributed by atoms with Crippen LogP contribution in [0, 0.1) is 11.8 Å². The van der Waals surface area contributed by atoms with Gasteiger partial charge in [-0.05, 0) is 51.4 Å². The van der Waals surface area contributed by atoms with Crippen molar-refractivity contribution in [1.29, 1.82) is 0 Å². The van der Waals surface area contributed by atoms with Crippen LogP contribution in [0.5, 0.6) is 0 Å². The molecule has 8 heteroatoms. The Balaban J connectivity index is 0.00000676. The Kier molecular flexibility index (Phi) is 15.7. The first-order valence-corrected chi connectivity index (χ1v) is 10.1. The third-order valence-electron chi connectivity index (χ3n) is 3.98. The molecule has 1 atom stereocenters. The Hall–Kier alpha value is -0.770. The van der Waals surface area contributed by atoms with Crippen molar-refractivity contribution < 1.29 is 14.3 Å². The predicted octanol–water partition coefficient (Wildman–Crippen LogP) is 3.14. The van der Waals surface area contributed by atoms with E-state index >= 15 is 0 Å². The number of rotatable bonds is 13. The fourth-order valence-electron chi connectivity index (χ4n) is 2.55. The van der Waals surface area contributed by atoms with Gasteiger partial charge in [-0.3, -0.25) is 4.99 Å². The summed E-state index contributed by atoms with van der Waals surface area (Å²) in [5, 5.41) is 9.47. The van der Waals surface area contributed by atoms with E-state index in [1.807, 2.05) is 6.92 Å². The monoisotopic (exact) mass is 498 g/mol. The van der Waals surface area contributed by atoms with Gasteiger partial charge in [0.1, 0.15) is 0 Å². The highest BCUT2D eigenvalue weighted by molar-refractivity contribution is 14.0. The van der Waals surface area contributed by atoms with Gasteiger partial charge >= 0.3 is 6.09 Å². The smallest absolute Gasteiger partial charge is 0.407 e. The average Bonchev–Trinajstić information content (AvgIpc) is 3.39. The summed E-state index contributed by atoms with van der Waals surface area (Å²) in [4.78, 5) is 16.3. The number of nitrogens with zero attached hydrogens (tertiary/aromatic N) is 1. The van der Waals surface area contributed by atoms with Crippen molar-refractivity contribution in [2.24, 2.45) is 16.8 Å². The molecule has 1 rings (SSSR count). The molecule has 1 fully saturated rings. The lowest BCUT2D eigenvalue weighted by Gasteiger charge is -2.19. The minimum atomic E-state index is -0.376. The lowest BCUT2D eigenvalue weighted by Crippen LogP contribution is -2.42. The lowest BCUT2D eigenvalue weighted by molar-refractivity contribution is 0.123. The van der Waals surface area contributed by atoms with Crippen LogP contribution in [0.2, 0.25) is 0 Å². The molecule has 7 nitrogen and oxygen atoms in total. The fraction of sp³-hybridized carbons (Fsp3) is 0.895. The zero-order valence-electron chi connectivity index (χ0n) is 17.4. The first-order chi connectivity index (χ1) is 12.5. The van der Waals surface area contributed by atoms with Crippen molar-refractivity contribution in [1.82, 2.24) is 16.0 Å². The Labute approximate surface area is 181 Å². The summed E-state index contributed by atoms with van der Waals surface area (Å²) in [6, 6.07) is -0.0358. The van der Waals surface area contributed by atoms with Crippen LogP contribution in [0.3, 0.4) is 0 Å². The highest BCUT2D eigenvalue weighted by Gasteiger charge is 2.20. The summed E-state index contributed by atoms with van der Waals surface area (Å²) in [6.45, 7) is 12.3. The van der Waals surface area contributed by atoms with Gasteiger partial charge in [0.2, 0.25) is 0 Å². The van der Waals surface area contributed by atoms with E-state index in [0.29, 0.717) is 19.1 Å². The van der Waals surface area contributed by atoms with Crippen molar-refractivity contribution >= 4 is 36.0 Å². The van der Waals surface area contributed by atoms with Crippen molar-refractivity contribution in [3.05, 3.63) is 0 Å². The summed E-state index contributed by atoms with van der Waals surface area (Å²) in [7, 11) is 0. The number of carbonyl (C=O) groups is 1. The molecule has 0 aromatic carbocycles. The summed E-state index contributed by atoms with van der Waals surface area (Å²) >= 11 is 0. The van der Waals surface area contributed by atoms with Crippen LogP contribution in [-0.2, 0) is 9.47 Å². The highest BCUT2D eigenvalue weighted by atomic mass is 127. The van der Waals surface area contributed by atoms with E-state index in [0.717, 1.165) is 51.0 Å². The summed E-state index contributed by atoms with van der Waals surface area (Å²) < 4.78 is 10.6. The maximum absolute atomic E-state index is 11.7. The van der Waals surface area contributed by atoms with E-state index in [-0.39, 0.29) is 36.1 Å². The van der Waals surface area contributed by atoms with Gasteiger partial charge in [-0.2, -0.15) is 0 Å². The van der Waals surface area contributed by atoms with E-state index < -0.39 is 0 Å². The molecule has 1 unspecified atom stereocenters. The molecule has 0 aromatic heterocycles. The van der Waals surface area contributed by atoms with Gasteiger partial charge in [-0.25, -0.2) is 4.79 Å². The number of nitrogens with one attached hydrogen (secondary N) is 3. The van der Waals surface area contributed by atoms with Crippen molar-refractivity contribution in [3.63, 3.8) is 0 Å². The molecule has 0 aromatic rings. The number of hydrogen-bond acceptors (Lipinski definition) is 4. The zero-order valence-corrected chi connectivity index (χ0v) is 19.7. The average molecular weight is 498 g/mol. The normalized spacial score (nSPS) is 15.1. The van der Waals surface area contributed by atoms with E-state index in [9.17, 15) is 4.79 Å². The summed E-state index contributed by atoms with van der Waals surface area (Å²) in [5.41, 5.74) is 0. The number of guanidine groups is 1. The molecule has 3 N–H and O–H groups in total.